The number of hydrogen-bond acceptors (Lipinski definition) is 7. The van der Waals surface area contributed by atoms with Gasteiger partial charge in [0.05, 0.1) is 0 Å². The van der Waals surface area contributed by atoms with Crippen LogP contribution in [0.4, 0.5) is 0 Å². The first-order valence-electron chi connectivity index (χ1n) is 5.31. The summed E-state index contributed by atoms with van der Waals surface area (Å²) in [5.74, 6) is -3.70. The Kier molecular flexibility index (Phi) is 2.91. The van der Waals surface area contributed by atoms with Crippen LogP contribution in [0.3, 0.4) is 0 Å². The summed E-state index contributed by atoms with van der Waals surface area (Å²) < 4.78 is 20.6. The first-order chi connectivity index (χ1) is 7.72. The predicted octanol–water partition coefficient (Wildman–Crippen LogP) is -0.893. The monoisotopic (exact) mass is 248 g/mol. The van der Waals surface area contributed by atoms with Crippen LogP contribution < -0.4 is 0 Å². The van der Waals surface area contributed by atoms with E-state index in [1.807, 2.05) is 0 Å². The lowest BCUT2D eigenvalue weighted by Crippen LogP contribution is -2.50. The van der Waals surface area contributed by atoms with Crippen molar-refractivity contribution in [1.82, 2.24) is 0 Å². The maximum absolute atomic E-state index is 10.7. The van der Waals surface area contributed by atoms with Gasteiger partial charge in [0.25, 0.3) is 0 Å². The van der Waals surface area contributed by atoms with Gasteiger partial charge in [-0.1, -0.05) is 0 Å². The molecule has 0 radical (unpaired) electrons. The minimum absolute atomic E-state index is 0.261. The van der Waals surface area contributed by atoms with Gasteiger partial charge in [0, 0.05) is 6.92 Å². The van der Waals surface area contributed by atoms with E-state index in [-0.39, 0.29) is 6.61 Å². The molecule has 0 aromatic heterocycles. The van der Waals surface area contributed by atoms with Gasteiger partial charge in [0.15, 0.2) is 24.3 Å². The molecule has 2 fully saturated rings. The third-order valence-corrected chi connectivity index (χ3v) is 2.69. The zero-order chi connectivity index (χ0) is 12.8. The fourth-order valence-corrected chi connectivity index (χ4v) is 1.92. The molecule has 0 saturated carbocycles. The molecule has 2 saturated heterocycles. The molecule has 0 aromatic rings. The average Bonchev–Trinajstić information content (AvgIpc) is 2.57. The first kappa shape index (κ1) is 12.7. The van der Waals surface area contributed by atoms with Crippen LogP contribution in [0, 0.1) is 0 Å². The summed E-state index contributed by atoms with van der Waals surface area (Å²) in [4.78, 5) is 10.7. The van der Waals surface area contributed by atoms with Crippen LogP contribution >= 0.6 is 0 Å². The summed E-state index contributed by atoms with van der Waals surface area (Å²) in [6.07, 6.45) is -2.98. The molecule has 0 bridgehead atoms. The van der Waals surface area contributed by atoms with E-state index in [2.05, 4.69) is 4.74 Å². The zero-order valence-electron chi connectivity index (χ0n) is 9.87. The Hall–Kier alpha value is -0.730. The lowest BCUT2D eigenvalue weighted by Gasteiger charge is -2.28. The van der Waals surface area contributed by atoms with Crippen molar-refractivity contribution in [1.29, 1.82) is 0 Å². The van der Waals surface area contributed by atoms with E-state index >= 15 is 0 Å². The molecule has 2 aliphatic rings. The van der Waals surface area contributed by atoms with Gasteiger partial charge in [0.1, 0.15) is 6.61 Å². The van der Waals surface area contributed by atoms with Gasteiger partial charge in [-0.2, -0.15) is 0 Å². The van der Waals surface area contributed by atoms with Crippen LogP contribution in [0.2, 0.25) is 0 Å². The van der Waals surface area contributed by atoms with Crippen LogP contribution in [0.15, 0.2) is 0 Å². The Morgan fingerprint density at radius 1 is 1.35 bits per heavy atom. The van der Waals surface area contributed by atoms with Crippen LogP contribution in [0.25, 0.3) is 0 Å². The predicted molar refractivity (Wildman–Crippen MR) is 52.5 cm³/mol. The molecule has 0 amide bonds. The molecular formula is C10H16O7. The zero-order valence-corrected chi connectivity index (χ0v) is 9.87. The second-order valence-electron chi connectivity index (χ2n) is 4.63. The number of fused-ring (bicyclic) bond motifs is 1. The van der Waals surface area contributed by atoms with E-state index < -0.39 is 36.0 Å². The van der Waals surface area contributed by atoms with Crippen LogP contribution in [-0.2, 0) is 23.7 Å². The van der Waals surface area contributed by atoms with Crippen molar-refractivity contribution in [2.45, 2.75) is 50.8 Å². The standard InChI is InChI=1S/C10H16O7/c1-5(11)14-4-6-10(12,13)7-8(15-6)17-9(2,3)16-7/h6-8,12-13H,4H2,1-3H3/t6-,7+,8?/m1/s1. The van der Waals surface area contributed by atoms with Gasteiger partial charge < -0.3 is 29.2 Å². The third kappa shape index (κ3) is 2.29. The summed E-state index contributed by atoms with van der Waals surface area (Å²) in [7, 11) is 0. The normalized spacial score (nSPS) is 37.8. The van der Waals surface area contributed by atoms with Crippen LogP contribution in [0.1, 0.15) is 20.8 Å². The fraction of sp³-hybridized carbons (Fsp3) is 0.900. The van der Waals surface area contributed by atoms with E-state index in [0.29, 0.717) is 0 Å². The lowest BCUT2D eigenvalue weighted by molar-refractivity contribution is -0.285. The minimum atomic E-state index is -2.24. The van der Waals surface area contributed by atoms with E-state index in [1.54, 1.807) is 13.8 Å². The average molecular weight is 248 g/mol. The van der Waals surface area contributed by atoms with Crippen molar-refractivity contribution in [2.24, 2.45) is 0 Å². The molecule has 17 heavy (non-hydrogen) atoms. The number of carbonyl (C=O) groups excluding carboxylic acids is 1. The molecule has 1 unspecified atom stereocenters. The van der Waals surface area contributed by atoms with Gasteiger partial charge in [-0.3, -0.25) is 4.79 Å². The van der Waals surface area contributed by atoms with Gasteiger partial charge in [0.2, 0.25) is 5.79 Å². The summed E-state index contributed by atoms with van der Waals surface area (Å²) in [5.41, 5.74) is 0. The number of carbonyl (C=O) groups is 1. The Morgan fingerprint density at radius 3 is 2.53 bits per heavy atom. The van der Waals surface area contributed by atoms with Gasteiger partial charge >= 0.3 is 5.97 Å². The molecule has 0 aliphatic carbocycles. The van der Waals surface area contributed by atoms with Gasteiger partial charge in [-0.05, 0) is 13.8 Å². The highest BCUT2D eigenvalue weighted by Gasteiger charge is 2.63. The third-order valence-electron chi connectivity index (χ3n) is 2.69. The van der Waals surface area contributed by atoms with Crippen molar-refractivity contribution in [2.75, 3.05) is 6.61 Å². The number of esters is 1. The van der Waals surface area contributed by atoms with Crippen molar-refractivity contribution in [3.8, 4) is 0 Å². The molecular weight excluding hydrogens is 232 g/mol. The Balaban J connectivity index is 2.04. The SMILES string of the molecule is CC(=O)OC[C@H]1OC2OC(C)(C)O[C@@H]2C1(O)O. The van der Waals surface area contributed by atoms with Crippen molar-refractivity contribution < 1.29 is 34.0 Å². The molecule has 7 nitrogen and oxygen atoms in total. The van der Waals surface area contributed by atoms with E-state index in [9.17, 15) is 15.0 Å². The fourth-order valence-electron chi connectivity index (χ4n) is 1.92. The highest BCUT2D eigenvalue weighted by atomic mass is 16.9. The Bertz CT molecular complexity index is 325. The van der Waals surface area contributed by atoms with Crippen LogP contribution in [0.5, 0.6) is 0 Å². The molecule has 0 spiro atoms. The van der Waals surface area contributed by atoms with Crippen molar-refractivity contribution in [3.05, 3.63) is 0 Å². The molecule has 7 heteroatoms. The largest absolute Gasteiger partial charge is 0.463 e. The second kappa shape index (κ2) is 3.89. The smallest absolute Gasteiger partial charge is 0.302 e. The summed E-state index contributed by atoms with van der Waals surface area (Å²) in [5, 5.41) is 19.8. The van der Waals surface area contributed by atoms with E-state index in [0.717, 1.165) is 0 Å². The van der Waals surface area contributed by atoms with E-state index in [1.165, 1.54) is 6.92 Å². The summed E-state index contributed by atoms with van der Waals surface area (Å²) >= 11 is 0. The van der Waals surface area contributed by atoms with Gasteiger partial charge in [-0.15, -0.1) is 0 Å². The first-order valence-corrected chi connectivity index (χ1v) is 5.31. The Morgan fingerprint density at radius 2 is 2.00 bits per heavy atom. The maximum Gasteiger partial charge on any atom is 0.302 e. The van der Waals surface area contributed by atoms with Crippen molar-refractivity contribution >= 4 is 5.97 Å². The molecule has 2 N–H and O–H groups in total. The second-order valence-corrected chi connectivity index (χ2v) is 4.63. The summed E-state index contributed by atoms with van der Waals surface area (Å²) in [6.45, 7) is 4.25. The number of hydrogen-bond donors (Lipinski definition) is 2. The number of aliphatic hydroxyl groups is 2. The number of rotatable bonds is 2. The Labute approximate surface area is 98.2 Å². The molecule has 2 heterocycles. The highest BCUT2D eigenvalue weighted by Crippen LogP contribution is 2.41. The lowest BCUT2D eigenvalue weighted by atomic mass is 10.1. The number of ether oxygens (including phenoxy) is 4. The highest BCUT2D eigenvalue weighted by molar-refractivity contribution is 5.65. The molecule has 2 rings (SSSR count). The molecule has 2 aliphatic heterocycles. The molecule has 3 atom stereocenters. The summed E-state index contributed by atoms with van der Waals surface area (Å²) in [6, 6.07) is 0. The topological polar surface area (TPSA) is 94.5 Å². The van der Waals surface area contributed by atoms with Gasteiger partial charge in [-0.25, -0.2) is 0 Å². The molecule has 98 valence electrons. The van der Waals surface area contributed by atoms with Crippen LogP contribution in [-0.4, -0.2) is 52.9 Å². The van der Waals surface area contributed by atoms with E-state index in [4.69, 9.17) is 14.2 Å². The maximum atomic E-state index is 10.7. The molecule has 0 aromatic carbocycles. The quantitative estimate of drug-likeness (QED) is 0.483. The minimum Gasteiger partial charge on any atom is -0.463 e. The van der Waals surface area contributed by atoms with Crippen molar-refractivity contribution in [3.63, 3.8) is 0 Å².